The molecule has 1 spiro atoms. The Hall–Kier alpha value is -0.130. The van der Waals surface area contributed by atoms with Crippen LogP contribution in [0.3, 0.4) is 0 Å². The molecular weight excluding hydrogens is 373 g/mol. The Balaban J connectivity index is 1.75. The highest BCUT2D eigenvalue weighted by Crippen LogP contribution is 2.44. The van der Waals surface area contributed by atoms with Crippen LogP contribution in [-0.2, 0) is 4.74 Å². The van der Waals surface area contributed by atoms with Gasteiger partial charge < -0.3 is 10.1 Å². The molecule has 0 bridgehead atoms. The van der Waals surface area contributed by atoms with Crippen LogP contribution >= 0.6 is 22.6 Å². The lowest BCUT2D eigenvalue weighted by molar-refractivity contribution is -0.121. The molecule has 0 aromatic heterocycles. The summed E-state index contributed by atoms with van der Waals surface area (Å²) < 4.78 is 7.56. The molecule has 116 valence electrons. The van der Waals surface area contributed by atoms with Gasteiger partial charge in [-0.1, -0.05) is 31.4 Å². The van der Waals surface area contributed by atoms with Crippen molar-refractivity contribution in [2.45, 2.75) is 56.6 Å². The SMILES string of the molecule is CNC(c1ccc(I)cc1)C1CCOC2(CCCCC2)C1. The minimum Gasteiger partial charge on any atom is -0.375 e. The molecule has 2 aliphatic rings. The van der Waals surface area contributed by atoms with E-state index < -0.39 is 0 Å². The molecule has 2 unspecified atom stereocenters. The second-order valence-corrected chi connectivity index (χ2v) is 7.91. The fraction of sp³-hybridized carbons (Fsp3) is 0.667. The molecule has 21 heavy (non-hydrogen) atoms. The van der Waals surface area contributed by atoms with Gasteiger partial charge >= 0.3 is 0 Å². The second-order valence-electron chi connectivity index (χ2n) is 6.66. The Morgan fingerprint density at radius 3 is 2.57 bits per heavy atom. The average Bonchev–Trinajstić information content (AvgIpc) is 2.51. The third-order valence-corrected chi connectivity index (χ3v) is 6.03. The molecule has 1 N–H and O–H groups in total. The molecule has 2 nitrogen and oxygen atoms in total. The van der Waals surface area contributed by atoms with Crippen LogP contribution in [-0.4, -0.2) is 19.3 Å². The molecule has 1 aliphatic carbocycles. The molecule has 1 aromatic rings. The van der Waals surface area contributed by atoms with Gasteiger partial charge in [0.25, 0.3) is 0 Å². The zero-order valence-corrected chi connectivity index (χ0v) is 15.1. The van der Waals surface area contributed by atoms with Crippen LogP contribution in [0.2, 0.25) is 0 Å². The Kier molecular flexibility index (Phi) is 5.23. The number of hydrogen-bond acceptors (Lipinski definition) is 2. The van der Waals surface area contributed by atoms with Gasteiger partial charge in [0.15, 0.2) is 0 Å². The molecule has 3 rings (SSSR count). The van der Waals surface area contributed by atoms with Crippen molar-refractivity contribution in [3.8, 4) is 0 Å². The van der Waals surface area contributed by atoms with Gasteiger partial charge in [-0.25, -0.2) is 0 Å². The number of rotatable bonds is 3. The summed E-state index contributed by atoms with van der Waals surface area (Å²) in [5, 5.41) is 3.57. The molecule has 3 heteroatoms. The van der Waals surface area contributed by atoms with E-state index in [0.29, 0.717) is 12.0 Å². The number of benzene rings is 1. The first-order chi connectivity index (χ1) is 10.2. The average molecular weight is 399 g/mol. The molecule has 1 heterocycles. The lowest BCUT2D eigenvalue weighted by atomic mass is 9.73. The van der Waals surface area contributed by atoms with Gasteiger partial charge in [-0.3, -0.25) is 0 Å². The fourth-order valence-corrected chi connectivity index (χ4v) is 4.60. The van der Waals surface area contributed by atoms with E-state index in [1.807, 2.05) is 0 Å². The van der Waals surface area contributed by atoms with E-state index in [4.69, 9.17) is 4.74 Å². The first-order valence-corrected chi connectivity index (χ1v) is 9.37. The standard InChI is InChI=1S/C18H26INO/c1-20-17(14-5-7-16(19)8-6-14)15-9-12-21-18(13-15)10-3-2-4-11-18/h5-8,15,17,20H,2-4,9-13H2,1H3. The van der Waals surface area contributed by atoms with Crippen molar-refractivity contribution in [3.05, 3.63) is 33.4 Å². The van der Waals surface area contributed by atoms with Crippen molar-refractivity contribution >= 4 is 22.6 Å². The van der Waals surface area contributed by atoms with Crippen LogP contribution in [0, 0.1) is 9.49 Å². The predicted molar refractivity (Wildman–Crippen MR) is 95.5 cm³/mol. The zero-order chi connectivity index (χ0) is 14.7. The van der Waals surface area contributed by atoms with E-state index in [0.717, 1.165) is 6.61 Å². The van der Waals surface area contributed by atoms with E-state index in [1.54, 1.807) is 0 Å². The third-order valence-electron chi connectivity index (χ3n) is 5.31. The lowest BCUT2D eigenvalue weighted by Gasteiger charge is -2.45. The molecule has 1 saturated carbocycles. The molecule has 2 fully saturated rings. The van der Waals surface area contributed by atoms with Gasteiger partial charge in [0.2, 0.25) is 0 Å². The van der Waals surface area contributed by atoms with Crippen LogP contribution in [0.15, 0.2) is 24.3 Å². The van der Waals surface area contributed by atoms with Crippen LogP contribution in [0.4, 0.5) is 0 Å². The van der Waals surface area contributed by atoms with Crippen molar-refractivity contribution in [1.29, 1.82) is 0 Å². The van der Waals surface area contributed by atoms with E-state index in [1.165, 1.54) is 54.1 Å². The summed E-state index contributed by atoms with van der Waals surface area (Å²) in [5.41, 5.74) is 1.62. The lowest BCUT2D eigenvalue weighted by Crippen LogP contribution is -2.44. The smallest absolute Gasteiger partial charge is 0.0686 e. The summed E-state index contributed by atoms with van der Waals surface area (Å²) in [6, 6.07) is 9.47. The van der Waals surface area contributed by atoms with E-state index in [2.05, 4.69) is 59.2 Å². The summed E-state index contributed by atoms with van der Waals surface area (Å²) in [6.07, 6.45) is 9.03. The quantitative estimate of drug-likeness (QED) is 0.746. The maximum absolute atomic E-state index is 6.26. The van der Waals surface area contributed by atoms with Gasteiger partial charge in [-0.15, -0.1) is 0 Å². The summed E-state index contributed by atoms with van der Waals surface area (Å²) in [6.45, 7) is 0.938. The molecule has 0 amide bonds. The van der Waals surface area contributed by atoms with Crippen LogP contribution < -0.4 is 5.32 Å². The molecular formula is C18H26INO. The van der Waals surface area contributed by atoms with Crippen molar-refractivity contribution in [3.63, 3.8) is 0 Å². The predicted octanol–water partition coefficient (Wildman–Crippen LogP) is 4.68. The number of nitrogens with one attached hydrogen (secondary N) is 1. The molecule has 1 aromatic carbocycles. The minimum atomic E-state index is 0.194. The zero-order valence-electron chi connectivity index (χ0n) is 12.9. The van der Waals surface area contributed by atoms with E-state index in [-0.39, 0.29) is 5.60 Å². The monoisotopic (exact) mass is 399 g/mol. The van der Waals surface area contributed by atoms with Gasteiger partial charge in [-0.05, 0) is 78.9 Å². The van der Waals surface area contributed by atoms with E-state index in [9.17, 15) is 0 Å². The number of hydrogen-bond donors (Lipinski definition) is 1. The summed E-state index contributed by atoms with van der Waals surface area (Å²) >= 11 is 2.38. The molecule has 1 saturated heterocycles. The maximum atomic E-state index is 6.26. The van der Waals surface area contributed by atoms with Crippen molar-refractivity contribution in [2.24, 2.45) is 5.92 Å². The van der Waals surface area contributed by atoms with Gasteiger partial charge in [0.1, 0.15) is 0 Å². The Morgan fingerprint density at radius 2 is 1.90 bits per heavy atom. The summed E-state index contributed by atoms with van der Waals surface area (Å²) in [4.78, 5) is 0. The highest BCUT2D eigenvalue weighted by molar-refractivity contribution is 14.1. The van der Waals surface area contributed by atoms with Crippen LogP contribution in [0.25, 0.3) is 0 Å². The largest absolute Gasteiger partial charge is 0.375 e. The topological polar surface area (TPSA) is 21.3 Å². The fourth-order valence-electron chi connectivity index (χ4n) is 4.24. The first-order valence-electron chi connectivity index (χ1n) is 8.29. The van der Waals surface area contributed by atoms with Crippen molar-refractivity contribution < 1.29 is 4.74 Å². The first kappa shape index (κ1) is 15.8. The molecule has 2 atom stereocenters. The number of halogens is 1. The second kappa shape index (κ2) is 6.97. The van der Waals surface area contributed by atoms with Gasteiger partial charge in [0, 0.05) is 16.2 Å². The van der Waals surface area contributed by atoms with Gasteiger partial charge in [-0.2, -0.15) is 0 Å². The summed E-state index contributed by atoms with van der Waals surface area (Å²) in [7, 11) is 2.10. The number of ether oxygens (including phenoxy) is 1. The van der Waals surface area contributed by atoms with Crippen molar-refractivity contribution in [1.82, 2.24) is 5.32 Å². The van der Waals surface area contributed by atoms with Crippen molar-refractivity contribution in [2.75, 3.05) is 13.7 Å². The van der Waals surface area contributed by atoms with E-state index >= 15 is 0 Å². The highest BCUT2D eigenvalue weighted by Gasteiger charge is 2.40. The Morgan fingerprint density at radius 1 is 1.19 bits per heavy atom. The normalized spacial score (nSPS) is 26.7. The molecule has 1 aliphatic heterocycles. The Bertz CT molecular complexity index is 447. The van der Waals surface area contributed by atoms with Crippen LogP contribution in [0.1, 0.15) is 56.6 Å². The summed E-state index contributed by atoms with van der Waals surface area (Å²) in [5.74, 6) is 0.696. The highest BCUT2D eigenvalue weighted by atomic mass is 127. The van der Waals surface area contributed by atoms with Gasteiger partial charge in [0.05, 0.1) is 5.60 Å². The third kappa shape index (κ3) is 3.62. The van der Waals surface area contributed by atoms with Crippen LogP contribution in [0.5, 0.6) is 0 Å². The maximum Gasteiger partial charge on any atom is 0.0686 e. The minimum absolute atomic E-state index is 0.194. The Labute approximate surface area is 142 Å². The molecule has 0 radical (unpaired) electrons.